The summed E-state index contributed by atoms with van der Waals surface area (Å²) in [7, 11) is 0. The van der Waals surface area contributed by atoms with Gasteiger partial charge in [0.25, 0.3) is 5.91 Å². The summed E-state index contributed by atoms with van der Waals surface area (Å²) in [6.07, 6.45) is -0.206. The van der Waals surface area contributed by atoms with Crippen LogP contribution in [0.25, 0.3) is 10.4 Å². The van der Waals surface area contributed by atoms with E-state index in [4.69, 9.17) is 25.1 Å². The summed E-state index contributed by atoms with van der Waals surface area (Å²) in [6.45, 7) is -0.424. The zero-order valence-corrected chi connectivity index (χ0v) is 23.3. The van der Waals surface area contributed by atoms with Crippen LogP contribution in [0.15, 0.2) is 87.4 Å². The number of hydrogen-bond donors (Lipinski definition) is 2. The molecule has 3 aromatic carbocycles. The van der Waals surface area contributed by atoms with Gasteiger partial charge in [0.1, 0.15) is 12.4 Å². The SMILES string of the molecule is [N-]=[N+]=NCc1ccccc1[C@H]1OC(c2ccc(OCCCO)cc2)=N[C@@]1(Cc1ccc(Br)cc1)C(=O)NCCF. The molecule has 4 rings (SSSR count). The van der Waals surface area contributed by atoms with E-state index in [1.54, 1.807) is 24.3 Å². The van der Waals surface area contributed by atoms with Gasteiger partial charge in [-0.1, -0.05) is 57.4 Å². The van der Waals surface area contributed by atoms with Crippen LogP contribution in [0.4, 0.5) is 4.39 Å². The molecule has 0 radical (unpaired) electrons. The van der Waals surface area contributed by atoms with E-state index in [2.05, 4.69) is 31.3 Å². The third kappa shape index (κ3) is 6.80. The molecule has 2 N–H and O–H groups in total. The Morgan fingerprint density at radius 1 is 1.18 bits per heavy atom. The first-order valence-corrected chi connectivity index (χ1v) is 13.6. The molecule has 0 aliphatic carbocycles. The van der Waals surface area contributed by atoms with Crippen LogP contribution in [-0.4, -0.2) is 48.9 Å². The van der Waals surface area contributed by atoms with E-state index in [1.165, 1.54) is 0 Å². The van der Waals surface area contributed by atoms with Crippen molar-refractivity contribution >= 4 is 27.7 Å². The topological polar surface area (TPSA) is 129 Å². The van der Waals surface area contributed by atoms with Crippen molar-refractivity contribution in [1.29, 1.82) is 0 Å². The van der Waals surface area contributed by atoms with Gasteiger partial charge in [-0.25, -0.2) is 9.38 Å². The lowest BCUT2D eigenvalue weighted by atomic mass is 9.80. The van der Waals surface area contributed by atoms with Crippen LogP contribution in [0.3, 0.4) is 0 Å². The minimum absolute atomic E-state index is 0.0379. The van der Waals surface area contributed by atoms with Crippen LogP contribution < -0.4 is 10.1 Å². The molecular formula is C29H29BrFN5O4. The predicted octanol–water partition coefficient (Wildman–Crippen LogP) is 5.61. The Morgan fingerprint density at radius 3 is 2.62 bits per heavy atom. The second kappa shape index (κ2) is 13.9. The fourth-order valence-electron chi connectivity index (χ4n) is 4.53. The summed E-state index contributed by atoms with van der Waals surface area (Å²) < 4.78 is 26.2. The van der Waals surface area contributed by atoms with Gasteiger partial charge in [-0.15, -0.1) is 0 Å². The summed E-state index contributed by atoms with van der Waals surface area (Å²) in [4.78, 5) is 21.7. The van der Waals surface area contributed by atoms with Gasteiger partial charge in [0, 0.05) is 40.9 Å². The Hall–Kier alpha value is -3.92. The highest BCUT2D eigenvalue weighted by Gasteiger charge is 2.53. The summed E-state index contributed by atoms with van der Waals surface area (Å²) in [6, 6.07) is 21.9. The van der Waals surface area contributed by atoms with E-state index < -0.39 is 24.2 Å². The van der Waals surface area contributed by atoms with Crippen molar-refractivity contribution in [2.75, 3.05) is 26.4 Å². The summed E-state index contributed by atoms with van der Waals surface area (Å²) in [5.41, 5.74) is 10.3. The highest BCUT2D eigenvalue weighted by atomic mass is 79.9. The number of carbonyl (C=O) groups excluding carboxylic acids is 1. The number of benzene rings is 3. The van der Waals surface area contributed by atoms with E-state index in [9.17, 15) is 9.18 Å². The molecule has 11 heteroatoms. The van der Waals surface area contributed by atoms with Gasteiger partial charge in [-0.05, 0) is 58.6 Å². The minimum Gasteiger partial charge on any atom is -0.494 e. The zero-order chi connectivity index (χ0) is 28.4. The number of aliphatic hydroxyl groups excluding tert-OH is 1. The first kappa shape index (κ1) is 29.1. The lowest BCUT2D eigenvalue weighted by molar-refractivity contribution is -0.129. The molecule has 1 heterocycles. The average molecular weight is 610 g/mol. The number of aliphatic hydroxyl groups is 1. The number of aliphatic imine (C=N–C) groups is 1. The van der Waals surface area contributed by atoms with Crippen molar-refractivity contribution in [3.8, 4) is 5.75 Å². The molecule has 0 spiro atoms. The van der Waals surface area contributed by atoms with Gasteiger partial charge in [-0.2, -0.15) is 0 Å². The van der Waals surface area contributed by atoms with Gasteiger partial charge in [0.15, 0.2) is 11.6 Å². The van der Waals surface area contributed by atoms with E-state index in [1.807, 2.05) is 48.5 Å². The fourth-order valence-corrected chi connectivity index (χ4v) is 4.79. The number of carbonyl (C=O) groups is 1. The number of amides is 1. The minimum atomic E-state index is -1.49. The average Bonchev–Trinajstić information content (AvgIpc) is 3.36. The molecular weight excluding hydrogens is 581 g/mol. The summed E-state index contributed by atoms with van der Waals surface area (Å²) >= 11 is 3.45. The van der Waals surface area contributed by atoms with Crippen molar-refractivity contribution in [3.05, 3.63) is 110 Å². The van der Waals surface area contributed by atoms with Crippen molar-refractivity contribution < 1.29 is 23.8 Å². The largest absolute Gasteiger partial charge is 0.494 e. The van der Waals surface area contributed by atoms with Gasteiger partial charge in [0.2, 0.25) is 5.90 Å². The van der Waals surface area contributed by atoms with Gasteiger partial charge >= 0.3 is 0 Å². The standard InChI is InChI=1S/C29H29BrFN5O4/c30-23-10-6-20(7-11-23)18-29(28(38)33-15-14-31)26(25-5-2-1-4-22(25)19-34-36-32)40-27(35-29)21-8-12-24(13-9-21)39-17-3-16-37/h1-2,4-13,26,37H,3,14-19H2,(H,33,38)/t26-,29-/m1/s1. The van der Waals surface area contributed by atoms with Crippen LogP contribution in [0.2, 0.25) is 0 Å². The van der Waals surface area contributed by atoms with E-state index >= 15 is 0 Å². The smallest absolute Gasteiger partial charge is 0.252 e. The van der Waals surface area contributed by atoms with Crippen LogP contribution >= 0.6 is 15.9 Å². The third-order valence-electron chi connectivity index (χ3n) is 6.44. The zero-order valence-electron chi connectivity index (χ0n) is 21.7. The monoisotopic (exact) mass is 609 g/mol. The van der Waals surface area contributed by atoms with Crippen molar-refractivity contribution in [2.24, 2.45) is 10.1 Å². The summed E-state index contributed by atoms with van der Waals surface area (Å²) in [5, 5.41) is 15.4. The fraction of sp³-hybridized carbons (Fsp3) is 0.310. The number of rotatable bonds is 13. The number of alkyl halides is 1. The van der Waals surface area contributed by atoms with Crippen LogP contribution in [0.1, 0.15) is 34.8 Å². The molecule has 1 amide bonds. The Kier molecular flexibility index (Phi) is 10.1. The van der Waals surface area contributed by atoms with Gasteiger partial charge in [0.05, 0.1) is 13.2 Å². The van der Waals surface area contributed by atoms with Crippen molar-refractivity contribution in [2.45, 2.75) is 31.0 Å². The molecule has 2 atom stereocenters. The molecule has 9 nitrogen and oxygen atoms in total. The third-order valence-corrected chi connectivity index (χ3v) is 6.97. The normalized spacial score (nSPS) is 17.9. The molecule has 1 aliphatic rings. The number of ether oxygens (including phenoxy) is 2. The number of azide groups is 1. The maximum atomic E-state index is 13.9. The Morgan fingerprint density at radius 2 is 1.93 bits per heavy atom. The highest BCUT2D eigenvalue weighted by Crippen LogP contribution is 2.44. The molecule has 0 saturated carbocycles. The Labute approximate surface area is 239 Å². The highest BCUT2D eigenvalue weighted by molar-refractivity contribution is 9.10. The van der Waals surface area contributed by atoms with E-state index in [0.29, 0.717) is 35.5 Å². The molecule has 0 fully saturated rings. The van der Waals surface area contributed by atoms with Crippen molar-refractivity contribution in [1.82, 2.24) is 5.32 Å². The molecule has 208 valence electrons. The van der Waals surface area contributed by atoms with Crippen molar-refractivity contribution in [3.63, 3.8) is 0 Å². The number of hydrogen-bond acceptors (Lipinski definition) is 6. The quantitative estimate of drug-likeness (QED) is 0.113. The van der Waals surface area contributed by atoms with E-state index in [0.717, 1.165) is 10.0 Å². The first-order valence-electron chi connectivity index (χ1n) is 12.8. The maximum absolute atomic E-state index is 13.9. The second-order valence-corrected chi connectivity index (χ2v) is 10.0. The Bertz CT molecular complexity index is 1380. The molecule has 40 heavy (non-hydrogen) atoms. The molecule has 0 bridgehead atoms. The summed E-state index contributed by atoms with van der Waals surface area (Å²) in [5.74, 6) is 0.391. The number of halogens is 2. The molecule has 0 saturated heterocycles. The predicted molar refractivity (Wildman–Crippen MR) is 153 cm³/mol. The maximum Gasteiger partial charge on any atom is 0.252 e. The van der Waals surface area contributed by atoms with Crippen LogP contribution in [-0.2, 0) is 22.5 Å². The van der Waals surface area contributed by atoms with Crippen LogP contribution in [0, 0.1) is 0 Å². The van der Waals surface area contributed by atoms with Crippen LogP contribution in [0.5, 0.6) is 5.75 Å². The Balaban J connectivity index is 1.81. The molecule has 3 aromatic rings. The lowest BCUT2D eigenvalue weighted by Gasteiger charge is -2.31. The number of nitrogens with one attached hydrogen (secondary N) is 1. The van der Waals surface area contributed by atoms with Gasteiger partial charge < -0.3 is 19.9 Å². The van der Waals surface area contributed by atoms with E-state index in [-0.39, 0.29) is 32.0 Å². The molecule has 1 aliphatic heterocycles. The molecule has 0 aromatic heterocycles. The van der Waals surface area contributed by atoms with Gasteiger partial charge in [-0.3, -0.25) is 4.79 Å². The first-order chi connectivity index (χ1) is 19.5. The number of nitrogens with zero attached hydrogens (tertiary/aromatic N) is 4. The lowest BCUT2D eigenvalue weighted by Crippen LogP contribution is -2.50. The molecule has 0 unspecified atom stereocenters. The second-order valence-electron chi connectivity index (χ2n) is 9.13.